The Labute approximate surface area is 109 Å². The largest absolute Gasteiger partial charge is 0.463 e. The van der Waals surface area contributed by atoms with Crippen molar-refractivity contribution in [3.8, 4) is 0 Å². The first-order chi connectivity index (χ1) is 8.81. The molecule has 0 fully saturated rings. The van der Waals surface area contributed by atoms with Gasteiger partial charge in [-0.1, -0.05) is 0 Å². The maximum absolute atomic E-state index is 5.20. The topological polar surface area (TPSA) is 52.0 Å². The van der Waals surface area contributed by atoms with Crippen molar-refractivity contribution in [1.29, 1.82) is 0 Å². The van der Waals surface area contributed by atoms with Crippen molar-refractivity contribution in [3.63, 3.8) is 0 Å². The standard InChI is InChI=1S/C12H15N3O2S/c1-10-9-18-12(13-5-7-16-2)15(10)14-8-11-4-3-6-17-11/h3-4,6,8-9H,5,7H2,1-2H3/b13-12?,14-8-. The lowest BCUT2D eigenvalue weighted by molar-refractivity contribution is 0.207. The van der Waals surface area contributed by atoms with E-state index < -0.39 is 0 Å². The molecular formula is C12H15N3O2S. The Morgan fingerprint density at radius 1 is 1.56 bits per heavy atom. The Bertz CT molecular complexity index is 566. The zero-order valence-electron chi connectivity index (χ0n) is 10.4. The van der Waals surface area contributed by atoms with Crippen molar-refractivity contribution in [3.05, 3.63) is 40.0 Å². The molecule has 2 rings (SSSR count). The number of ether oxygens (including phenoxy) is 1. The Morgan fingerprint density at radius 2 is 2.44 bits per heavy atom. The third kappa shape index (κ3) is 3.18. The number of rotatable bonds is 5. The summed E-state index contributed by atoms with van der Waals surface area (Å²) in [4.78, 5) is 5.28. The number of thiazole rings is 1. The highest BCUT2D eigenvalue weighted by molar-refractivity contribution is 7.07. The molecule has 0 amide bonds. The molecule has 0 aliphatic rings. The van der Waals surface area contributed by atoms with Gasteiger partial charge < -0.3 is 9.15 Å². The molecule has 0 bridgehead atoms. The number of furan rings is 1. The lowest BCUT2D eigenvalue weighted by Gasteiger charge is -1.96. The first-order valence-corrected chi connectivity index (χ1v) is 6.43. The van der Waals surface area contributed by atoms with E-state index in [1.807, 2.05) is 24.4 Å². The lowest BCUT2D eigenvalue weighted by atomic mass is 10.5. The van der Waals surface area contributed by atoms with Gasteiger partial charge in [-0.05, 0) is 19.1 Å². The monoisotopic (exact) mass is 265 g/mol. The molecule has 0 atom stereocenters. The number of hydrogen-bond donors (Lipinski definition) is 0. The van der Waals surface area contributed by atoms with Crippen LogP contribution in [0, 0.1) is 6.92 Å². The molecule has 2 aromatic heterocycles. The number of hydrogen-bond acceptors (Lipinski definition) is 5. The van der Waals surface area contributed by atoms with Gasteiger partial charge in [0, 0.05) is 12.5 Å². The van der Waals surface area contributed by atoms with Crippen LogP contribution < -0.4 is 4.80 Å². The average Bonchev–Trinajstić information content (AvgIpc) is 2.98. The highest BCUT2D eigenvalue weighted by Crippen LogP contribution is 2.01. The number of aryl methyl sites for hydroxylation is 1. The number of aromatic nitrogens is 1. The molecule has 0 N–H and O–H groups in total. The van der Waals surface area contributed by atoms with E-state index in [0.29, 0.717) is 13.2 Å². The van der Waals surface area contributed by atoms with Crippen LogP contribution >= 0.6 is 11.3 Å². The minimum absolute atomic E-state index is 0.610. The zero-order chi connectivity index (χ0) is 12.8. The Hall–Kier alpha value is -1.66. The molecule has 0 aliphatic heterocycles. The second kappa shape index (κ2) is 6.32. The van der Waals surface area contributed by atoms with Gasteiger partial charge in [0.2, 0.25) is 4.80 Å². The lowest BCUT2D eigenvalue weighted by Crippen LogP contribution is -2.13. The van der Waals surface area contributed by atoms with Crippen LogP contribution in [0.4, 0.5) is 0 Å². The van der Waals surface area contributed by atoms with Crippen molar-refractivity contribution >= 4 is 17.6 Å². The maximum atomic E-state index is 5.20. The van der Waals surface area contributed by atoms with Gasteiger partial charge >= 0.3 is 0 Å². The summed E-state index contributed by atoms with van der Waals surface area (Å²) < 4.78 is 12.0. The summed E-state index contributed by atoms with van der Waals surface area (Å²) in [7, 11) is 1.66. The van der Waals surface area contributed by atoms with E-state index in [-0.39, 0.29) is 0 Å². The van der Waals surface area contributed by atoms with Crippen molar-refractivity contribution < 1.29 is 9.15 Å². The molecule has 96 valence electrons. The van der Waals surface area contributed by atoms with Crippen LogP contribution in [0.2, 0.25) is 0 Å². The molecule has 0 aromatic carbocycles. The Balaban J connectivity index is 2.21. The zero-order valence-corrected chi connectivity index (χ0v) is 11.2. The molecule has 0 unspecified atom stereocenters. The summed E-state index contributed by atoms with van der Waals surface area (Å²) in [5.41, 5.74) is 1.04. The fraction of sp³-hybridized carbons (Fsp3) is 0.333. The summed E-state index contributed by atoms with van der Waals surface area (Å²) >= 11 is 1.56. The highest BCUT2D eigenvalue weighted by atomic mass is 32.1. The summed E-state index contributed by atoms with van der Waals surface area (Å²) in [6, 6.07) is 3.68. The molecule has 5 nitrogen and oxygen atoms in total. The fourth-order valence-corrected chi connectivity index (χ4v) is 2.18. The summed E-state index contributed by atoms with van der Waals surface area (Å²) in [5.74, 6) is 0.718. The summed E-state index contributed by atoms with van der Waals surface area (Å²) in [5, 5.41) is 6.38. The fourth-order valence-electron chi connectivity index (χ4n) is 1.35. The highest BCUT2D eigenvalue weighted by Gasteiger charge is 1.99. The SMILES string of the molecule is COCCN=c1scc(C)n1/N=C\c1ccco1. The van der Waals surface area contributed by atoms with Crippen LogP contribution in [0.1, 0.15) is 11.5 Å². The first-order valence-electron chi connectivity index (χ1n) is 5.55. The smallest absolute Gasteiger partial charge is 0.205 e. The molecular weight excluding hydrogens is 250 g/mol. The normalized spacial score (nSPS) is 12.7. The van der Waals surface area contributed by atoms with E-state index in [1.165, 1.54) is 0 Å². The minimum atomic E-state index is 0.610. The van der Waals surface area contributed by atoms with Crippen molar-refractivity contribution in [2.24, 2.45) is 10.1 Å². The van der Waals surface area contributed by atoms with Crippen molar-refractivity contribution in [2.75, 3.05) is 20.3 Å². The molecule has 0 radical (unpaired) electrons. The van der Waals surface area contributed by atoms with Crippen LogP contribution in [0.3, 0.4) is 0 Å². The van der Waals surface area contributed by atoms with Crippen molar-refractivity contribution in [1.82, 2.24) is 4.68 Å². The van der Waals surface area contributed by atoms with Gasteiger partial charge in [-0.2, -0.15) is 5.10 Å². The second-order valence-electron chi connectivity index (χ2n) is 3.61. The summed E-state index contributed by atoms with van der Waals surface area (Å²) in [6.07, 6.45) is 3.30. The molecule has 2 aromatic rings. The first kappa shape index (κ1) is 12.8. The second-order valence-corrected chi connectivity index (χ2v) is 4.44. The van der Waals surface area contributed by atoms with Gasteiger partial charge in [0.1, 0.15) is 5.76 Å². The van der Waals surface area contributed by atoms with E-state index in [1.54, 1.807) is 35.6 Å². The minimum Gasteiger partial charge on any atom is -0.463 e. The van der Waals surface area contributed by atoms with E-state index in [9.17, 15) is 0 Å². The molecule has 0 saturated carbocycles. The number of methoxy groups -OCH3 is 1. The van der Waals surface area contributed by atoms with E-state index in [0.717, 1.165) is 16.3 Å². The third-order valence-corrected chi connectivity index (χ3v) is 3.21. The molecule has 0 aliphatic carbocycles. The number of nitrogens with zero attached hydrogens (tertiary/aromatic N) is 3. The molecule has 6 heteroatoms. The van der Waals surface area contributed by atoms with Crippen LogP contribution in [0.25, 0.3) is 0 Å². The molecule has 0 saturated heterocycles. The van der Waals surface area contributed by atoms with Crippen LogP contribution in [0.5, 0.6) is 0 Å². The van der Waals surface area contributed by atoms with Gasteiger partial charge in [-0.15, -0.1) is 11.3 Å². The predicted molar refractivity (Wildman–Crippen MR) is 71.1 cm³/mol. The molecule has 0 spiro atoms. The van der Waals surface area contributed by atoms with Gasteiger partial charge in [0.25, 0.3) is 0 Å². The Morgan fingerprint density at radius 3 is 3.17 bits per heavy atom. The predicted octanol–water partition coefficient (Wildman–Crippen LogP) is 1.88. The van der Waals surface area contributed by atoms with Gasteiger partial charge in [0.15, 0.2) is 0 Å². The molecule has 18 heavy (non-hydrogen) atoms. The average molecular weight is 265 g/mol. The quantitative estimate of drug-likeness (QED) is 0.612. The van der Waals surface area contributed by atoms with E-state index >= 15 is 0 Å². The van der Waals surface area contributed by atoms with Crippen molar-refractivity contribution in [2.45, 2.75) is 6.92 Å². The van der Waals surface area contributed by atoms with Gasteiger partial charge in [0.05, 0.1) is 31.3 Å². The van der Waals surface area contributed by atoms with Gasteiger partial charge in [-0.3, -0.25) is 4.99 Å². The van der Waals surface area contributed by atoms with Crippen LogP contribution in [-0.2, 0) is 4.74 Å². The van der Waals surface area contributed by atoms with Crippen LogP contribution in [0.15, 0.2) is 38.3 Å². The van der Waals surface area contributed by atoms with Gasteiger partial charge in [-0.25, -0.2) is 4.68 Å². The van der Waals surface area contributed by atoms with Crippen LogP contribution in [-0.4, -0.2) is 31.2 Å². The third-order valence-electron chi connectivity index (χ3n) is 2.24. The maximum Gasteiger partial charge on any atom is 0.205 e. The Kier molecular flexibility index (Phi) is 4.49. The van der Waals surface area contributed by atoms with E-state index in [2.05, 4.69) is 10.1 Å². The summed E-state index contributed by atoms with van der Waals surface area (Å²) in [6.45, 7) is 3.23. The van der Waals surface area contributed by atoms with E-state index in [4.69, 9.17) is 9.15 Å². The molecule has 2 heterocycles.